The first-order valence-corrected chi connectivity index (χ1v) is 13.4. The Hall–Kier alpha value is -4.58. The summed E-state index contributed by atoms with van der Waals surface area (Å²) in [5, 5.41) is 6.21. The average Bonchev–Trinajstić information content (AvgIpc) is 3.49. The highest BCUT2D eigenvalue weighted by Gasteiger charge is 2.25. The molecule has 224 valence electrons. The lowest BCUT2D eigenvalue weighted by Crippen LogP contribution is -2.43. The molecule has 0 bridgehead atoms. The van der Waals surface area contributed by atoms with Gasteiger partial charge in [-0.05, 0) is 36.2 Å². The fraction of sp³-hybridized carbons (Fsp3) is 0.333. The van der Waals surface area contributed by atoms with Gasteiger partial charge in [0.1, 0.15) is 23.7 Å². The number of nitrogens with zero attached hydrogens (tertiary/aromatic N) is 1. The molecule has 1 heterocycles. The molecule has 3 amide bonds. The number of ether oxygens (including phenoxy) is 1. The van der Waals surface area contributed by atoms with Crippen LogP contribution in [-0.4, -0.2) is 49.6 Å². The van der Waals surface area contributed by atoms with Gasteiger partial charge in [-0.25, -0.2) is 18.6 Å². The molecule has 3 rings (SSSR count). The zero-order valence-electron chi connectivity index (χ0n) is 23.4. The van der Waals surface area contributed by atoms with Crippen LogP contribution >= 0.6 is 0 Å². The Morgan fingerprint density at radius 1 is 1.02 bits per heavy atom. The second-order valence-electron chi connectivity index (χ2n) is 9.32. The summed E-state index contributed by atoms with van der Waals surface area (Å²) < 4.78 is 38.6. The molecule has 0 aliphatic carbocycles. The van der Waals surface area contributed by atoms with Gasteiger partial charge in [0.25, 0.3) is 5.91 Å². The van der Waals surface area contributed by atoms with Crippen molar-refractivity contribution < 1.29 is 42.0 Å². The number of halogens is 2. The normalized spacial score (nSPS) is 11.4. The van der Waals surface area contributed by atoms with Crippen LogP contribution in [0.5, 0.6) is 0 Å². The van der Waals surface area contributed by atoms with Gasteiger partial charge < -0.3 is 19.8 Å². The molecule has 0 saturated heterocycles. The largest absolute Gasteiger partial charge is 0.465 e. The minimum Gasteiger partial charge on any atom is -0.465 e. The van der Waals surface area contributed by atoms with Gasteiger partial charge in [-0.3, -0.25) is 19.2 Å². The van der Waals surface area contributed by atoms with Crippen LogP contribution in [0, 0.1) is 17.6 Å². The Bertz CT molecular complexity index is 1360. The number of carbonyl (C=O) groups excluding carboxylic acids is 4. The first-order valence-electron chi connectivity index (χ1n) is 13.4. The smallest absolute Gasteiger partial charge is 0.343 e. The Balaban J connectivity index is 1.58. The summed E-state index contributed by atoms with van der Waals surface area (Å²) in [7, 11) is 0.994. The lowest BCUT2D eigenvalue weighted by atomic mass is 10.0. The van der Waals surface area contributed by atoms with Crippen molar-refractivity contribution in [3.8, 4) is 11.3 Å². The molecule has 2 N–H and O–H groups in total. The van der Waals surface area contributed by atoms with Gasteiger partial charge in [0, 0.05) is 0 Å². The summed E-state index contributed by atoms with van der Waals surface area (Å²) in [6.07, 6.45) is 3.65. The van der Waals surface area contributed by atoms with Crippen LogP contribution in [0.4, 0.5) is 8.78 Å². The van der Waals surface area contributed by atoms with E-state index in [2.05, 4.69) is 15.4 Å². The van der Waals surface area contributed by atoms with E-state index in [-0.39, 0.29) is 42.8 Å². The molecule has 0 spiro atoms. The number of hydrogen-bond acceptors (Lipinski definition) is 7. The molecule has 0 saturated carbocycles. The van der Waals surface area contributed by atoms with Crippen molar-refractivity contribution in [1.82, 2.24) is 15.7 Å². The van der Waals surface area contributed by atoms with E-state index in [1.807, 2.05) is 37.3 Å². The highest BCUT2D eigenvalue weighted by molar-refractivity contribution is 5.93. The summed E-state index contributed by atoms with van der Waals surface area (Å²) >= 11 is 0. The fourth-order valence-electron chi connectivity index (χ4n) is 4.10. The predicted octanol–water partition coefficient (Wildman–Crippen LogP) is 4.60. The number of rotatable bonds is 16. The number of amides is 3. The number of hydrogen-bond donors (Lipinski definition) is 2. The number of carbonyl (C=O) groups is 4. The third-order valence-electron chi connectivity index (χ3n) is 6.37. The maximum atomic E-state index is 14.8. The minimum absolute atomic E-state index is 0.0260. The van der Waals surface area contributed by atoms with E-state index < -0.39 is 35.0 Å². The second-order valence-corrected chi connectivity index (χ2v) is 9.32. The molecule has 0 aliphatic heterocycles. The van der Waals surface area contributed by atoms with E-state index in [0.29, 0.717) is 12.8 Å². The molecule has 42 heavy (non-hydrogen) atoms. The van der Waals surface area contributed by atoms with Gasteiger partial charge in [0.05, 0.1) is 31.8 Å². The standard InChI is InChI=1S/C30H33F2N3O7/c1-3-4-6-11-21(16-35(19-36)41-17-20-9-7-5-8-10-20)28(37)33-18-34-29(38)25-15-14-24(42-25)22-12-13-23(31)26(27(22)32)30(39)40-2/h5,7-10,12-15,19,21H,3-4,6,11,16-18H2,1-2H3,(H,33,37)(H,34,38). The molecule has 1 atom stereocenters. The Morgan fingerprint density at radius 3 is 2.48 bits per heavy atom. The molecule has 0 radical (unpaired) electrons. The van der Waals surface area contributed by atoms with E-state index >= 15 is 0 Å². The molecule has 10 nitrogen and oxygen atoms in total. The van der Waals surface area contributed by atoms with Gasteiger partial charge in [-0.1, -0.05) is 56.5 Å². The van der Waals surface area contributed by atoms with Gasteiger partial charge in [0.15, 0.2) is 11.6 Å². The second kappa shape index (κ2) is 16.0. The number of nitrogens with one attached hydrogen (secondary N) is 2. The minimum atomic E-state index is -1.20. The highest BCUT2D eigenvalue weighted by Crippen LogP contribution is 2.29. The first-order chi connectivity index (χ1) is 20.3. The number of esters is 1. The summed E-state index contributed by atoms with van der Waals surface area (Å²) in [6.45, 7) is 1.98. The Kier molecular flexibility index (Phi) is 12.2. The van der Waals surface area contributed by atoms with Crippen LogP contribution in [0.25, 0.3) is 11.3 Å². The lowest BCUT2D eigenvalue weighted by Gasteiger charge is -2.23. The summed E-state index contributed by atoms with van der Waals surface area (Å²) in [5.41, 5.74) is -0.258. The van der Waals surface area contributed by atoms with Crippen LogP contribution in [-0.2, 0) is 25.8 Å². The van der Waals surface area contributed by atoms with Crippen molar-refractivity contribution in [2.24, 2.45) is 5.92 Å². The maximum absolute atomic E-state index is 14.8. The van der Waals surface area contributed by atoms with Crippen LogP contribution in [0.15, 0.2) is 59.0 Å². The molecule has 12 heteroatoms. The van der Waals surface area contributed by atoms with Crippen LogP contribution in [0.2, 0.25) is 0 Å². The number of furan rings is 1. The maximum Gasteiger partial charge on any atom is 0.343 e. The molecule has 3 aromatic rings. The van der Waals surface area contributed by atoms with Crippen LogP contribution in [0.3, 0.4) is 0 Å². The number of hydroxylamine groups is 2. The molecule has 1 aromatic heterocycles. The van der Waals surface area contributed by atoms with E-state index in [1.54, 1.807) is 0 Å². The van der Waals surface area contributed by atoms with Gasteiger partial charge in [-0.15, -0.1) is 0 Å². The molecular weight excluding hydrogens is 552 g/mol. The topological polar surface area (TPSA) is 127 Å². The summed E-state index contributed by atoms with van der Waals surface area (Å²) in [6, 6.07) is 13.8. The monoisotopic (exact) mass is 585 g/mol. The van der Waals surface area contributed by atoms with Gasteiger partial charge in [-0.2, -0.15) is 0 Å². The summed E-state index contributed by atoms with van der Waals surface area (Å²) in [4.78, 5) is 54.5. The predicted molar refractivity (Wildman–Crippen MR) is 148 cm³/mol. The highest BCUT2D eigenvalue weighted by atomic mass is 19.1. The van der Waals surface area contributed by atoms with E-state index in [0.717, 1.165) is 49.1 Å². The first kappa shape index (κ1) is 31.9. The molecule has 0 fully saturated rings. The number of methoxy groups -OCH3 is 1. The zero-order chi connectivity index (χ0) is 30.5. The van der Waals surface area contributed by atoms with Gasteiger partial charge in [0.2, 0.25) is 12.3 Å². The number of unbranched alkanes of at least 4 members (excludes halogenated alkanes) is 2. The molecule has 0 aliphatic rings. The van der Waals surface area contributed by atoms with Crippen molar-refractivity contribution in [2.75, 3.05) is 20.3 Å². The zero-order valence-corrected chi connectivity index (χ0v) is 23.4. The molecular formula is C30H33F2N3O7. The van der Waals surface area contributed by atoms with E-state index in [9.17, 15) is 28.0 Å². The van der Waals surface area contributed by atoms with Crippen molar-refractivity contribution in [1.29, 1.82) is 0 Å². The van der Waals surface area contributed by atoms with Crippen molar-refractivity contribution in [2.45, 2.75) is 39.2 Å². The lowest BCUT2D eigenvalue weighted by molar-refractivity contribution is -0.182. The van der Waals surface area contributed by atoms with Gasteiger partial charge >= 0.3 is 5.97 Å². The average molecular weight is 586 g/mol. The van der Waals surface area contributed by atoms with Crippen LogP contribution < -0.4 is 10.6 Å². The Morgan fingerprint density at radius 2 is 1.79 bits per heavy atom. The summed E-state index contributed by atoms with van der Waals surface area (Å²) in [5.74, 6) is -5.49. The van der Waals surface area contributed by atoms with Crippen molar-refractivity contribution in [3.05, 3.63) is 83.1 Å². The molecule has 2 aromatic carbocycles. The van der Waals surface area contributed by atoms with Crippen LogP contribution in [0.1, 0.15) is 59.1 Å². The third-order valence-corrected chi connectivity index (χ3v) is 6.37. The van der Waals surface area contributed by atoms with E-state index in [1.165, 1.54) is 12.1 Å². The fourth-order valence-corrected chi connectivity index (χ4v) is 4.10. The quantitative estimate of drug-likeness (QED) is 0.0827. The van der Waals surface area contributed by atoms with Crippen molar-refractivity contribution in [3.63, 3.8) is 0 Å². The number of benzene rings is 2. The third kappa shape index (κ3) is 8.71. The van der Waals surface area contributed by atoms with Crippen molar-refractivity contribution >= 4 is 24.2 Å². The van der Waals surface area contributed by atoms with E-state index in [4.69, 9.17) is 9.25 Å². The molecule has 1 unspecified atom stereocenters. The SMILES string of the molecule is CCCCCC(CN(C=O)OCc1ccccc1)C(=O)NCNC(=O)c1ccc(-c2ccc(F)c(C(=O)OC)c2F)o1. The Labute approximate surface area is 241 Å².